The molecule has 0 bridgehead atoms. The van der Waals surface area contributed by atoms with Gasteiger partial charge in [0, 0.05) is 6.54 Å². The third-order valence-electron chi connectivity index (χ3n) is 4.29. The molecule has 26 heavy (non-hydrogen) atoms. The molecule has 0 spiro atoms. The second kappa shape index (κ2) is 7.80. The number of nitrogens with one attached hydrogen (secondary N) is 1. The Morgan fingerprint density at radius 2 is 2.00 bits per heavy atom. The summed E-state index contributed by atoms with van der Waals surface area (Å²) in [4.78, 5) is 35.0. The van der Waals surface area contributed by atoms with Gasteiger partial charge >= 0.3 is 5.97 Å². The Hall–Kier alpha value is -2.51. The molecule has 3 rings (SSSR count). The average molecular weight is 371 g/mol. The average Bonchev–Trinajstić information content (AvgIpc) is 2.98. The first-order valence-electron chi connectivity index (χ1n) is 8.40. The minimum atomic E-state index is -0.439. The highest BCUT2D eigenvalue weighted by atomic mass is 32.1. The minimum Gasteiger partial charge on any atom is -0.465 e. The normalized spacial score (nSPS) is 11.2. The van der Waals surface area contributed by atoms with Crippen LogP contribution in [0.25, 0.3) is 10.2 Å². The van der Waals surface area contributed by atoms with Crippen molar-refractivity contribution in [3.63, 3.8) is 0 Å². The molecule has 0 radical (unpaired) electrons. The molecule has 0 aliphatic heterocycles. The van der Waals surface area contributed by atoms with Gasteiger partial charge in [-0.25, -0.2) is 9.78 Å². The lowest BCUT2D eigenvalue weighted by molar-refractivity contribution is 0.0605. The van der Waals surface area contributed by atoms with Crippen molar-refractivity contribution >= 4 is 27.5 Å². The number of benzene rings is 1. The molecule has 0 aliphatic carbocycles. The number of hydrogen-bond acceptors (Lipinski definition) is 6. The van der Waals surface area contributed by atoms with Crippen LogP contribution in [0.2, 0.25) is 0 Å². The van der Waals surface area contributed by atoms with E-state index in [1.165, 1.54) is 24.0 Å². The van der Waals surface area contributed by atoms with E-state index in [1.807, 2.05) is 18.2 Å². The van der Waals surface area contributed by atoms with Crippen molar-refractivity contribution in [3.8, 4) is 0 Å². The van der Waals surface area contributed by atoms with Gasteiger partial charge in [0.05, 0.1) is 19.0 Å². The van der Waals surface area contributed by atoms with Crippen molar-refractivity contribution < 1.29 is 9.53 Å². The van der Waals surface area contributed by atoms with Gasteiger partial charge < -0.3 is 9.72 Å². The molecule has 0 saturated heterocycles. The number of esters is 1. The van der Waals surface area contributed by atoms with Crippen LogP contribution in [0, 0.1) is 6.92 Å². The maximum atomic E-state index is 12.5. The van der Waals surface area contributed by atoms with Crippen LogP contribution in [0.3, 0.4) is 0 Å². The molecule has 3 aromatic rings. The molecule has 2 aromatic heterocycles. The molecule has 0 aliphatic rings. The maximum absolute atomic E-state index is 12.5. The Morgan fingerprint density at radius 1 is 1.27 bits per heavy atom. The molecule has 0 unspecified atom stereocenters. The third-order valence-corrected chi connectivity index (χ3v) is 5.46. The number of H-pyrrole nitrogens is 1. The lowest BCUT2D eigenvalue weighted by Gasteiger charge is -2.19. The van der Waals surface area contributed by atoms with Gasteiger partial charge in [-0.1, -0.05) is 37.3 Å². The van der Waals surface area contributed by atoms with E-state index in [0.717, 1.165) is 13.1 Å². The van der Waals surface area contributed by atoms with Crippen LogP contribution in [-0.4, -0.2) is 34.5 Å². The van der Waals surface area contributed by atoms with Crippen molar-refractivity contribution in [2.45, 2.75) is 26.9 Å². The van der Waals surface area contributed by atoms with E-state index < -0.39 is 5.97 Å². The molecule has 0 saturated carbocycles. The number of rotatable bonds is 6. The number of ether oxygens (including phenoxy) is 1. The fraction of sp³-hybridized carbons (Fsp3) is 0.316. The minimum absolute atomic E-state index is 0.218. The van der Waals surface area contributed by atoms with Crippen molar-refractivity contribution in [2.24, 2.45) is 0 Å². The van der Waals surface area contributed by atoms with E-state index in [1.54, 1.807) is 6.92 Å². The number of fused-ring (bicyclic) bond motifs is 1. The smallest absolute Gasteiger partial charge is 0.348 e. The summed E-state index contributed by atoms with van der Waals surface area (Å²) in [6.07, 6.45) is 0. The largest absolute Gasteiger partial charge is 0.465 e. The zero-order valence-electron chi connectivity index (χ0n) is 15.0. The summed E-state index contributed by atoms with van der Waals surface area (Å²) in [6, 6.07) is 10.2. The Morgan fingerprint density at radius 3 is 2.65 bits per heavy atom. The van der Waals surface area contributed by atoms with E-state index in [9.17, 15) is 9.59 Å². The summed E-state index contributed by atoms with van der Waals surface area (Å²) in [5, 5.41) is 0.463. The highest BCUT2D eigenvalue weighted by molar-refractivity contribution is 7.20. The van der Waals surface area contributed by atoms with Crippen LogP contribution < -0.4 is 5.56 Å². The van der Waals surface area contributed by atoms with Crippen LogP contribution >= 0.6 is 11.3 Å². The summed E-state index contributed by atoms with van der Waals surface area (Å²) >= 11 is 1.20. The molecule has 1 aromatic carbocycles. The first-order chi connectivity index (χ1) is 12.5. The van der Waals surface area contributed by atoms with Crippen LogP contribution in [0.5, 0.6) is 0 Å². The van der Waals surface area contributed by atoms with Gasteiger partial charge in [0.1, 0.15) is 15.5 Å². The highest BCUT2D eigenvalue weighted by Crippen LogP contribution is 2.27. The van der Waals surface area contributed by atoms with Gasteiger partial charge in [-0.05, 0) is 24.6 Å². The molecule has 136 valence electrons. The van der Waals surface area contributed by atoms with Crippen LogP contribution in [0.15, 0.2) is 35.1 Å². The lowest BCUT2D eigenvalue weighted by atomic mass is 10.2. The zero-order valence-corrected chi connectivity index (χ0v) is 15.9. The Kier molecular flexibility index (Phi) is 5.49. The van der Waals surface area contributed by atoms with Crippen molar-refractivity contribution in [3.05, 3.63) is 62.5 Å². The molecular weight excluding hydrogens is 350 g/mol. The fourth-order valence-electron chi connectivity index (χ4n) is 2.88. The topological polar surface area (TPSA) is 75.3 Å². The van der Waals surface area contributed by atoms with Crippen LogP contribution in [-0.2, 0) is 17.8 Å². The molecule has 6 nitrogen and oxygen atoms in total. The fourth-order valence-corrected chi connectivity index (χ4v) is 4.00. The van der Waals surface area contributed by atoms with Crippen LogP contribution in [0.4, 0.5) is 0 Å². The predicted octanol–water partition coefficient (Wildman–Crippen LogP) is 3.10. The van der Waals surface area contributed by atoms with E-state index in [0.29, 0.717) is 33.0 Å². The number of carbonyl (C=O) groups is 1. The van der Waals surface area contributed by atoms with Gasteiger partial charge in [-0.2, -0.15) is 0 Å². The number of aryl methyl sites for hydroxylation is 1. The number of methoxy groups -OCH3 is 1. The van der Waals surface area contributed by atoms with E-state index >= 15 is 0 Å². The monoisotopic (exact) mass is 371 g/mol. The Labute approximate surface area is 155 Å². The van der Waals surface area contributed by atoms with Crippen molar-refractivity contribution in [1.29, 1.82) is 0 Å². The van der Waals surface area contributed by atoms with E-state index in [4.69, 9.17) is 4.74 Å². The first kappa shape index (κ1) is 18.3. The van der Waals surface area contributed by atoms with Gasteiger partial charge in [0.15, 0.2) is 0 Å². The number of hydrogen-bond donors (Lipinski definition) is 1. The predicted molar refractivity (Wildman–Crippen MR) is 103 cm³/mol. The summed E-state index contributed by atoms with van der Waals surface area (Å²) < 4.78 is 4.79. The summed E-state index contributed by atoms with van der Waals surface area (Å²) in [5.41, 5.74) is 1.61. The summed E-state index contributed by atoms with van der Waals surface area (Å²) in [5.74, 6) is 0.156. The number of thiophene rings is 1. The Bertz CT molecular complexity index is 979. The Balaban J connectivity index is 1.90. The standard InChI is InChI=1S/C19H21N3O3S/c1-4-22(10-13-8-6-5-7-9-13)11-14-20-17(23)15-12(2)16(19(24)25-3)26-18(15)21-14/h5-9H,4,10-11H2,1-3H3,(H,20,21,23). The summed E-state index contributed by atoms with van der Waals surface area (Å²) in [7, 11) is 1.33. The number of aromatic amines is 1. The van der Waals surface area contributed by atoms with Gasteiger partial charge in [-0.15, -0.1) is 11.3 Å². The van der Waals surface area contributed by atoms with E-state index in [2.05, 4.69) is 33.9 Å². The molecule has 1 N–H and O–H groups in total. The second-order valence-corrected chi connectivity index (χ2v) is 7.03. The van der Waals surface area contributed by atoms with Gasteiger partial charge in [0.2, 0.25) is 0 Å². The van der Waals surface area contributed by atoms with Crippen molar-refractivity contribution in [1.82, 2.24) is 14.9 Å². The molecule has 0 atom stereocenters. The molecule has 7 heteroatoms. The molecule has 0 fully saturated rings. The molecule has 2 heterocycles. The molecular formula is C19H21N3O3S. The van der Waals surface area contributed by atoms with Crippen molar-refractivity contribution in [2.75, 3.05) is 13.7 Å². The maximum Gasteiger partial charge on any atom is 0.348 e. The first-order valence-corrected chi connectivity index (χ1v) is 9.22. The number of aromatic nitrogens is 2. The molecule has 0 amide bonds. The highest BCUT2D eigenvalue weighted by Gasteiger charge is 2.20. The quantitative estimate of drug-likeness (QED) is 0.674. The number of carbonyl (C=O) groups excluding carboxylic acids is 1. The van der Waals surface area contributed by atoms with Gasteiger partial charge in [0.25, 0.3) is 5.56 Å². The van der Waals surface area contributed by atoms with Gasteiger partial charge in [-0.3, -0.25) is 9.69 Å². The summed E-state index contributed by atoms with van der Waals surface area (Å²) in [6.45, 7) is 5.95. The zero-order chi connectivity index (χ0) is 18.7. The lowest BCUT2D eigenvalue weighted by Crippen LogP contribution is -2.25. The second-order valence-electron chi connectivity index (χ2n) is 6.03. The third kappa shape index (κ3) is 3.68. The SMILES string of the molecule is CCN(Cc1ccccc1)Cc1nc2sc(C(=O)OC)c(C)c2c(=O)[nH]1. The van der Waals surface area contributed by atoms with Crippen LogP contribution in [0.1, 0.15) is 33.5 Å². The van der Waals surface area contributed by atoms with E-state index in [-0.39, 0.29) is 5.56 Å². The number of nitrogens with zero attached hydrogens (tertiary/aromatic N) is 2.